The Morgan fingerprint density at radius 1 is 1.03 bits per heavy atom. The van der Waals surface area contributed by atoms with E-state index in [2.05, 4.69) is 17.1 Å². The predicted octanol–water partition coefficient (Wildman–Crippen LogP) is 3.48. The Morgan fingerprint density at radius 3 is 2.16 bits per heavy atom. The van der Waals surface area contributed by atoms with Crippen molar-refractivity contribution in [2.45, 2.75) is 51.4 Å². The van der Waals surface area contributed by atoms with Gasteiger partial charge in [0.05, 0.1) is 39.6 Å². The van der Waals surface area contributed by atoms with Crippen molar-refractivity contribution < 1.29 is 18.9 Å². The summed E-state index contributed by atoms with van der Waals surface area (Å²) in [5, 5.41) is 20.8. The van der Waals surface area contributed by atoms with Crippen molar-refractivity contribution in [1.29, 1.82) is 10.5 Å². The second-order valence-electron chi connectivity index (χ2n) is 7.84. The molecule has 1 aromatic carbocycles. The maximum Gasteiger partial charge on any atom is 0.293 e. The van der Waals surface area contributed by atoms with E-state index in [1.807, 2.05) is 19.9 Å². The normalized spacial score (nSPS) is 27.5. The van der Waals surface area contributed by atoms with Gasteiger partial charge in [0.25, 0.3) is 5.91 Å². The Labute approximate surface area is 183 Å². The molecule has 1 heterocycles. The number of hydrogen-bond donors (Lipinski definition) is 1. The maximum atomic E-state index is 10.5. The van der Waals surface area contributed by atoms with Crippen LogP contribution in [0.5, 0.6) is 11.5 Å². The average molecular weight is 427 g/mol. The molecule has 1 fully saturated rings. The highest BCUT2D eigenvalue weighted by Crippen LogP contribution is 2.82. The lowest BCUT2D eigenvalue weighted by molar-refractivity contribution is -0.260. The Morgan fingerprint density at radius 2 is 1.68 bits per heavy atom. The zero-order valence-corrected chi connectivity index (χ0v) is 18.6. The van der Waals surface area contributed by atoms with E-state index in [-0.39, 0.29) is 5.84 Å². The van der Waals surface area contributed by atoms with Crippen LogP contribution in [-0.2, 0) is 9.47 Å². The molecule has 0 aromatic heterocycles. The van der Waals surface area contributed by atoms with Gasteiger partial charge in [0, 0.05) is 11.5 Å². The number of hydrogen-bond acceptors (Lipinski definition) is 8. The number of fused-ring (bicyclic) bond motifs is 1. The van der Waals surface area contributed by atoms with Crippen LogP contribution in [0.4, 0.5) is 0 Å². The van der Waals surface area contributed by atoms with E-state index in [1.54, 1.807) is 12.1 Å². The number of aliphatic imine (C=N–C) groups is 1. The lowest BCUT2D eigenvalue weighted by atomic mass is 9.93. The van der Waals surface area contributed by atoms with Crippen LogP contribution in [-0.4, -0.2) is 39.2 Å². The van der Waals surface area contributed by atoms with E-state index in [4.69, 9.17) is 24.7 Å². The number of ether oxygens (including phenoxy) is 4. The molecule has 31 heavy (non-hydrogen) atoms. The van der Waals surface area contributed by atoms with Crippen LogP contribution in [0.15, 0.2) is 23.2 Å². The molecule has 1 aliphatic carbocycles. The van der Waals surface area contributed by atoms with Gasteiger partial charge in [0.15, 0.2) is 16.9 Å². The minimum atomic E-state index is -1.65. The molecule has 3 atom stereocenters. The first kappa shape index (κ1) is 22.9. The fourth-order valence-corrected chi connectivity index (χ4v) is 4.67. The van der Waals surface area contributed by atoms with Gasteiger partial charge >= 0.3 is 0 Å². The molecule has 8 nitrogen and oxygen atoms in total. The number of unbranched alkanes of at least 4 members (excludes halogenated alkanes) is 2. The van der Waals surface area contributed by atoms with Gasteiger partial charge in [-0.05, 0) is 18.9 Å². The van der Waals surface area contributed by atoms with Crippen molar-refractivity contribution >= 4 is 5.84 Å². The molecule has 0 spiro atoms. The second kappa shape index (κ2) is 8.74. The van der Waals surface area contributed by atoms with Gasteiger partial charge in [0.2, 0.25) is 0 Å². The smallest absolute Gasteiger partial charge is 0.293 e. The SMILES string of the molecule is CCCCOC1(OCCCC)N=C(N)C2(C#N)C(c3cccc(OC)c3OC)C12C#N. The summed E-state index contributed by atoms with van der Waals surface area (Å²) >= 11 is 0. The maximum absolute atomic E-state index is 10.5. The minimum Gasteiger partial charge on any atom is -0.493 e. The van der Waals surface area contributed by atoms with E-state index < -0.39 is 22.7 Å². The summed E-state index contributed by atoms with van der Waals surface area (Å²) in [6, 6.07) is 10.0. The second-order valence-corrected chi connectivity index (χ2v) is 7.84. The summed E-state index contributed by atoms with van der Waals surface area (Å²) in [5.41, 5.74) is 4.18. The molecule has 0 bridgehead atoms. The monoisotopic (exact) mass is 426 g/mol. The molecule has 0 radical (unpaired) electrons. The number of rotatable bonds is 11. The first-order valence-corrected chi connectivity index (χ1v) is 10.7. The first-order chi connectivity index (χ1) is 15.0. The zero-order chi connectivity index (χ0) is 22.7. The van der Waals surface area contributed by atoms with E-state index in [9.17, 15) is 10.5 Å². The molecular formula is C23H30N4O4. The van der Waals surface area contributed by atoms with E-state index in [1.165, 1.54) is 14.2 Å². The molecule has 0 amide bonds. The Bertz CT molecular complexity index is 924. The van der Waals surface area contributed by atoms with Gasteiger partial charge in [-0.2, -0.15) is 10.5 Å². The van der Waals surface area contributed by atoms with Gasteiger partial charge in [-0.1, -0.05) is 38.8 Å². The summed E-state index contributed by atoms with van der Waals surface area (Å²) in [6.07, 6.45) is 3.34. The molecule has 3 unspecified atom stereocenters. The summed E-state index contributed by atoms with van der Waals surface area (Å²) in [7, 11) is 3.06. The number of nitriles is 2. The molecule has 3 rings (SSSR count). The third-order valence-corrected chi connectivity index (χ3v) is 6.26. The van der Waals surface area contributed by atoms with Gasteiger partial charge in [0.1, 0.15) is 11.3 Å². The standard InChI is InChI=1S/C23H30N4O4/c1-5-7-12-30-23(31-13-8-6-2)22(15-25)19(21(22,14-24)20(26)27-23)16-10-9-11-17(28-3)18(16)29-4/h9-11,19H,5-8,12-13H2,1-4H3,(H2,26,27). The predicted molar refractivity (Wildman–Crippen MR) is 114 cm³/mol. The van der Waals surface area contributed by atoms with E-state index in [0.717, 1.165) is 25.7 Å². The quantitative estimate of drug-likeness (QED) is 0.424. The van der Waals surface area contributed by atoms with Gasteiger partial charge in [-0.25, -0.2) is 4.99 Å². The highest BCUT2D eigenvalue weighted by atomic mass is 16.7. The molecule has 1 saturated carbocycles. The van der Waals surface area contributed by atoms with Gasteiger partial charge in [-0.15, -0.1) is 0 Å². The van der Waals surface area contributed by atoms with Crippen molar-refractivity contribution in [3.05, 3.63) is 23.8 Å². The van der Waals surface area contributed by atoms with Crippen molar-refractivity contribution in [1.82, 2.24) is 0 Å². The molecule has 0 saturated heterocycles. The van der Waals surface area contributed by atoms with Crippen LogP contribution in [0.1, 0.15) is 51.0 Å². The van der Waals surface area contributed by atoms with Crippen LogP contribution in [0, 0.1) is 33.5 Å². The number of para-hydroxylation sites is 1. The lowest BCUT2D eigenvalue weighted by Crippen LogP contribution is -2.44. The van der Waals surface area contributed by atoms with Crippen molar-refractivity contribution in [3.8, 4) is 23.6 Å². The molecule has 8 heteroatoms. The molecule has 2 N–H and O–H groups in total. The first-order valence-electron chi connectivity index (χ1n) is 10.7. The minimum absolute atomic E-state index is 0.0550. The molecule has 1 aliphatic heterocycles. The Balaban J connectivity index is 2.18. The third kappa shape index (κ3) is 2.97. The van der Waals surface area contributed by atoms with E-state index in [0.29, 0.717) is 30.3 Å². The largest absolute Gasteiger partial charge is 0.493 e. The fraction of sp³-hybridized carbons (Fsp3) is 0.609. The fourth-order valence-electron chi connectivity index (χ4n) is 4.67. The van der Waals surface area contributed by atoms with Gasteiger partial charge < -0.3 is 24.7 Å². The van der Waals surface area contributed by atoms with Crippen molar-refractivity contribution in [2.75, 3.05) is 27.4 Å². The number of amidine groups is 1. The molecular weight excluding hydrogens is 396 g/mol. The van der Waals surface area contributed by atoms with Crippen LogP contribution in [0.2, 0.25) is 0 Å². The number of nitrogens with two attached hydrogens (primary N) is 1. The van der Waals surface area contributed by atoms with Gasteiger partial charge in [-0.3, -0.25) is 0 Å². The highest BCUT2D eigenvalue weighted by Gasteiger charge is 2.94. The van der Waals surface area contributed by atoms with Crippen molar-refractivity contribution in [3.63, 3.8) is 0 Å². The zero-order valence-electron chi connectivity index (χ0n) is 18.6. The Kier molecular flexibility index (Phi) is 6.45. The molecule has 166 valence electrons. The van der Waals surface area contributed by atoms with Crippen molar-refractivity contribution in [2.24, 2.45) is 21.6 Å². The summed E-state index contributed by atoms with van der Waals surface area (Å²) in [6.45, 7) is 4.76. The van der Waals surface area contributed by atoms with Crippen LogP contribution >= 0.6 is 0 Å². The van der Waals surface area contributed by atoms with E-state index >= 15 is 0 Å². The molecule has 1 aromatic rings. The Hall–Kier alpha value is -2.81. The highest BCUT2D eigenvalue weighted by molar-refractivity contribution is 6.00. The van der Waals surface area contributed by atoms with Crippen LogP contribution in [0.25, 0.3) is 0 Å². The summed E-state index contributed by atoms with van der Waals surface area (Å²) in [5.74, 6) is -1.27. The summed E-state index contributed by atoms with van der Waals surface area (Å²) in [4.78, 5) is 4.49. The lowest BCUT2D eigenvalue weighted by Gasteiger charge is -2.33. The number of methoxy groups -OCH3 is 2. The number of benzene rings is 1. The summed E-state index contributed by atoms with van der Waals surface area (Å²) < 4.78 is 23.4. The van der Waals surface area contributed by atoms with Crippen LogP contribution < -0.4 is 15.2 Å². The van der Waals surface area contributed by atoms with Crippen LogP contribution in [0.3, 0.4) is 0 Å². The third-order valence-electron chi connectivity index (χ3n) is 6.26. The topological polar surface area (TPSA) is 123 Å². The molecule has 2 aliphatic rings. The number of nitrogens with zero attached hydrogens (tertiary/aromatic N) is 3. The average Bonchev–Trinajstić information content (AvgIpc) is 3.36.